The second kappa shape index (κ2) is 4.98. The Balaban J connectivity index is 1.93. The normalized spacial score (nSPS) is 29.5. The molecule has 0 bridgehead atoms. The lowest BCUT2D eigenvalue weighted by Gasteiger charge is -2.28. The molecule has 88 valence electrons. The molecule has 0 spiro atoms. The summed E-state index contributed by atoms with van der Waals surface area (Å²) >= 11 is 0. The molecular weight excluding hydrogens is 198 g/mol. The molecule has 0 radical (unpaired) electrons. The van der Waals surface area contributed by atoms with Crippen LogP contribution in [0.15, 0.2) is 30.3 Å². The van der Waals surface area contributed by atoms with Gasteiger partial charge < -0.3 is 10.5 Å². The highest BCUT2D eigenvalue weighted by atomic mass is 16.5. The van der Waals surface area contributed by atoms with Gasteiger partial charge >= 0.3 is 0 Å². The average Bonchev–Trinajstić information content (AvgIpc) is 2.71. The van der Waals surface area contributed by atoms with Gasteiger partial charge in [-0.2, -0.15) is 0 Å². The molecule has 2 N–H and O–H groups in total. The molecule has 2 heteroatoms. The number of rotatable bonds is 4. The van der Waals surface area contributed by atoms with Crippen LogP contribution in [0.5, 0.6) is 0 Å². The molecule has 1 saturated carbocycles. The first-order valence-electron chi connectivity index (χ1n) is 6.12. The van der Waals surface area contributed by atoms with Gasteiger partial charge in [0.1, 0.15) is 0 Å². The third-order valence-corrected chi connectivity index (χ3v) is 3.57. The van der Waals surface area contributed by atoms with E-state index >= 15 is 0 Å². The smallest absolute Gasteiger partial charge is 0.0811 e. The highest BCUT2D eigenvalue weighted by Crippen LogP contribution is 2.37. The van der Waals surface area contributed by atoms with Crippen LogP contribution in [0.2, 0.25) is 0 Å². The van der Waals surface area contributed by atoms with Crippen molar-refractivity contribution in [2.24, 2.45) is 11.7 Å². The SMILES string of the molecule is CC1CCC(CN)(OCc2ccccc2)C1. The molecule has 0 aliphatic heterocycles. The quantitative estimate of drug-likeness (QED) is 0.845. The third-order valence-electron chi connectivity index (χ3n) is 3.57. The zero-order valence-corrected chi connectivity index (χ0v) is 9.99. The van der Waals surface area contributed by atoms with Crippen molar-refractivity contribution in [2.75, 3.05) is 6.54 Å². The van der Waals surface area contributed by atoms with Crippen molar-refractivity contribution in [3.8, 4) is 0 Å². The van der Waals surface area contributed by atoms with Crippen LogP contribution in [-0.4, -0.2) is 12.1 Å². The number of hydrogen-bond donors (Lipinski definition) is 1. The van der Waals surface area contributed by atoms with E-state index in [4.69, 9.17) is 10.5 Å². The van der Waals surface area contributed by atoms with Crippen LogP contribution >= 0.6 is 0 Å². The molecule has 0 aromatic heterocycles. The Kier molecular flexibility index (Phi) is 3.62. The monoisotopic (exact) mass is 219 g/mol. The molecule has 1 fully saturated rings. The predicted molar refractivity (Wildman–Crippen MR) is 66.0 cm³/mol. The van der Waals surface area contributed by atoms with E-state index in [9.17, 15) is 0 Å². The van der Waals surface area contributed by atoms with E-state index < -0.39 is 0 Å². The van der Waals surface area contributed by atoms with Gasteiger partial charge in [0.05, 0.1) is 12.2 Å². The Bertz CT molecular complexity index is 325. The van der Waals surface area contributed by atoms with Gasteiger partial charge in [0.25, 0.3) is 0 Å². The number of hydrogen-bond acceptors (Lipinski definition) is 2. The van der Waals surface area contributed by atoms with Crippen LogP contribution in [-0.2, 0) is 11.3 Å². The van der Waals surface area contributed by atoms with Gasteiger partial charge in [-0.15, -0.1) is 0 Å². The van der Waals surface area contributed by atoms with E-state index in [0.717, 1.165) is 18.8 Å². The first-order valence-corrected chi connectivity index (χ1v) is 6.12. The van der Waals surface area contributed by atoms with Crippen molar-refractivity contribution >= 4 is 0 Å². The molecule has 1 aromatic rings. The van der Waals surface area contributed by atoms with E-state index in [-0.39, 0.29) is 5.60 Å². The summed E-state index contributed by atoms with van der Waals surface area (Å²) in [6.07, 6.45) is 3.46. The van der Waals surface area contributed by atoms with Crippen LogP contribution in [0.3, 0.4) is 0 Å². The molecular formula is C14H21NO. The van der Waals surface area contributed by atoms with E-state index in [0.29, 0.717) is 13.2 Å². The minimum atomic E-state index is -0.0603. The molecule has 2 unspecified atom stereocenters. The van der Waals surface area contributed by atoms with Crippen molar-refractivity contribution in [1.82, 2.24) is 0 Å². The fraction of sp³-hybridized carbons (Fsp3) is 0.571. The van der Waals surface area contributed by atoms with Crippen LogP contribution in [0, 0.1) is 5.92 Å². The molecule has 2 atom stereocenters. The minimum absolute atomic E-state index is 0.0603. The summed E-state index contributed by atoms with van der Waals surface area (Å²) in [5.74, 6) is 0.749. The fourth-order valence-corrected chi connectivity index (χ4v) is 2.53. The summed E-state index contributed by atoms with van der Waals surface area (Å²) in [6.45, 7) is 3.61. The topological polar surface area (TPSA) is 35.2 Å². The minimum Gasteiger partial charge on any atom is -0.369 e. The summed E-state index contributed by atoms with van der Waals surface area (Å²) in [5.41, 5.74) is 7.04. The van der Waals surface area contributed by atoms with Crippen LogP contribution in [0.1, 0.15) is 31.7 Å². The number of benzene rings is 1. The molecule has 0 saturated heterocycles. The van der Waals surface area contributed by atoms with Crippen molar-refractivity contribution < 1.29 is 4.74 Å². The molecule has 1 aromatic carbocycles. The van der Waals surface area contributed by atoms with Gasteiger partial charge in [-0.1, -0.05) is 37.3 Å². The lowest BCUT2D eigenvalue weighted by molar-refractivity contribution is -0.0471. The zero-order chi connectivity index (χ0) is 11.4. The Morgan fingerprint density at radius 1 is 1.38 bits per heavy atom. The Morgan fingerprint density at radius 2 is 2.12 bits per heavy atom. The highest BCUT2D eigenvalue weighted by molar-refractivity contribution is 5.13. The fourth-order valence-electron chi connectivity index (χ4n) is 2.53. The lowest BCUT2D eigenvalue weighted by atomic mass is 10.0. The maximum absolute atomic E-state index is 6.07. The zero-order valence-electron chi connectivity index (χ0n) is 9.99. The molecule has 16 heavy (non-hydrogen) atoms. The molecule has 0 amide bonds. The van der Waals surface area contributed by atoms with Gasteiger partial charge in [-0.3, -0.25) is 0 Å². The molecule has 1 aliphatic carbocycles. The molecule has 2 rings (SSSR count). The maximum atomic E-state index is 6.07. The van der Waals surface area contributed by atoms with E-state index in [1.165, 1.54) is 12.0 Å². The molecule has 2 nitrogen and oxygen atoms in total. The van der Waals surface area contributed by atoms with Gasteiger partial charge in [0.15, 0.2) is 0 Å². The van der Waals surface area contributed by atoms with Crippen LogP contribution < -0.4 is 5.73 Å². The predicted octanol–water partition coefficient (Wildman–Crippen LogP) is 2.72. The van der Waals surface area contributed by atoms with Crippen LogP contribution in [0.4, 0.5) is 0 Å². The van der Waals surface area contributed by atoms with Gasteiger partial charge in [0.2, 0.25) is 0 Å². The van der Waals surface area contributed by atoms with E-state index in [2.05, 4.69) is 19.1 Å². The first-order chi connectivity index (χ1) is 7.74. The second-order valence-corrected chi connectivity index (χ2v) is 5.01. The third kappa shape index (κ3) is 2.63. The molecule has 1 aliphatic rings. The number of nitrogens with two attached hydrogens (primary N) is 1. The van der Waals surface area contributed by atoms with Crippen molar-refractivity contribution in [3.05, 3.63) is 35.9 Å². The number of ether oxygens (including phenoxy) is 1. The molecule has 0 heterocycles. The van der Waals surface area contributed by atoms with Crippen LogP contribution in [0.25, 0.3) is 0 Å². The van der Waals surface area contributed by atoms with E-state index in [1.54, 1.807) is 0 Å². The maximum Gasteiger partial charge on any atom is 0.0811 e. The van der Waals surface area contributed by atoms with E-state index in [1.807, 2.05) is 18.2 Å². The van der Waals surface area contributed by atoms with Gasteiger partial charge in [0, 0.05) is 6.54 Å². The first kappa shape index (κ1) is 11.6. The standard InChI is InChI=1S/C14H21NO/c1-12-7-8-14(9-12,11-15)16-10-13-5-3-2-4-6-13/h2-6,12H,7-11,15H2,1H3. The Hall–Kier alpha value is -0.860. The largest absolute Gasteiger partial charge is 0.369 e. The van der Waals surface area contributed by atoms with Crippen molar-refractivity contribution in [3.63, 3.8) is 0 Å². The second-order valence-electron chi connectivity index (χ2n) is 5.01. The average molecular weight is 219 g/mol. The summed E-state index contributed by atoms with van der Waals surface area (Å²) in [7, 11) is 0. The summed E-state index contributed by atoms with van der Waals surface area (Å²) in [5, 5.41) is 0. The summed E-state index contributed by atoms with van der Waals surface area (Å²) in [6, 6.07) is 10.3. The lowest BCUT2D eigenvalue weighted by Crippen LogP contribution is -2.38. The Morgan fingerprint density at radius 3 is 2.69 bits per heavy atom. The summed E-state index contributed by atoms with van der Waals surface area (Å²) in [4.78, 5) is 0. The highest BCUT2D eigenvalue weighted by Gasteiger charge is 2.37. The van der Waals surface area contributed by atoms with Gasteiger partial charge in [-0.05, 0) is 30.7 Å². The Labute approximate surface area is 97.8 Å². The van der Waals surface area contributed by atoms with Crippen molar-refractivity contribution in [1.29, 1.82) is 0 Å². The summed E-state index contributed by atoms with van der Waals surface area (Å²) < 4.78 is 6.07. The van der Waals surface area contributed by atoms with Gasteiger partial charge in [-0.25, -0.2) is 0 Å². The van der Waals surface area contributed by atoms with Crippen molar-refractivity contribution in [2.45, 2.75) is 38.4 Å².